The molecule has 0 saturated carbocycles. The molecule has 0 aliphatic heterocycles. The molecule has 8 nitrogen and oxygen atoms in total. The normalized spacial score (nSPS) is 11.3. The van der Waals surface area contributed by atoms with E-state index in [1.54, 1.807) is 26.0 Å². The van der Waals surface area contributed by atoms with E-state index < -0.39 is 10.0 Å². The van der Waals surface area contributed by atoms with Gasteiger partial charge in [0.25, 0.3) is 5.56 Å². The molecular formula is C22H24FN3O5S. The number of rotatable bonds is 10. The van der Waals surface area contributed by atoms with Gasteiger partial charge in [-0.25, -0.2) is 22.5 Å². The first kappa shape index (κ1) is 23.4. The Labute approximate surface area is 185 Å². The number of hydrogen-bond donors (Lipinski definition) is 1. The van der Waals surface area contributed by atoms with Crippen LogP contribution in [0.15, 0.2) is 64.5 Å². The van der Waals surface area contributed by atoms with E-state index in [9.17, 15) is 17.6 Å². The highest BCUT2D eigenvalue weighted by molar-refractivity contribution is 7.89. The molecule has 1 N–H and O–H groups in total. The van der Waals surface area contributed by atoms with Gasteiger partial charge in [0, 0.05) is 30.8 Å². The third-order valence-electron chi connectivity index (χ3n) is 4.48. The summed E-state index contributed by atoms with van der Waals surface area (Å²) in [6.45, 7) is 4.29. The van der Waals surface area contributed by atoms with E-state index >= 15 is 0 Å². The van der Waals surface area contributed by atoms with E-state index in [-0.39, 0.29) is 35.1 Å². The maximum Gasteiger partial charge on any atom is 0.253 e. The third-order valence-corrected chi connectivity index (χ3v) is 5.96. The van der Waals surface area contributed by atoms with E-state index in [0.717, 1.165) is 0 Å². The topological polar surface area (TPSA) is 99.5 Å². The number of sulfonamides is 1. The van der Waals surface area contributed by atoms with Crippen molar-refractivity contribution in [2.24, 2.45) is 0 Å². The Kier molecular flexibility index (Phi) is 7.60. The van der Waals surface area contributed by atoms with Gasteiger partial charge in [0.15, 0.2) is 0 Å². The minimum absolute atomic E-state index is 0.0375. The number of halogens is 1. The van der Waals surface area contributed by atoms with Crippen molar-refractivity contribution < 1.29 is 22.3 Å². The molecule has 0 aliphatic carbocycles. The minimum Gasteiger partial charge on any atom is -0.494 e. The molecule has 10 heteroatoms. The summed E-state index contributed by atoms with van der Waals surface area (Å²) < 4.78 is 53.4. The van der Waals surface area contributed by atoms with Gasteiger partial charge in [-0.05, 0) is 50.2 Å². The van der Waals surface area contributed by atoms with Crippen molar-refractivity contribution in [2.45, 2.75) is 25.3 Å². The molecular weight excluding hydrogens is 437 g/mol. The van der Waals surface area contributed by atoms with Gasteiger partial charge in [0.05, 0.1) is 25.2 Å². The summed E-state index contributed by atoms with van der Waals surface area (Å²) in [5, 5.41) is 0. The average molecular weight is 462 g/mol. The molecule has 32 heavy (non-hydrogen) atoms. The van der Waals surface area contributed by atoms with E-state index in [1.807, 2.05) is 0 Å². The average Bonchev–Trinajstić information content (AvgIpc) is 2.76. The Bertz CT molecular complexity index is 1230. The minimum atomic E-state index is -3.92. The van der Waals surface area contributed by atoms with Crippen molar-refractivity contribution in [3.8, 4) is 22.8 Å². The summed E-state index contributed by atoms with van der Waals surface area (Å²) in [6, 6.07) is 11.5. The van der Waals surface area contributed by atoms with E-state index in [1.165, 1.54) is 47.3 Å². The quantitative estimate of drug-likeness (QED) is 0.499. The van der Waals surface area contributed by atoms with E-state index in [2.05, 4.69) is 9.71 Å². The number of nitrogens with one attached hydrogen (secondary N) is 1. The molecule has 0 unspecified atom stereocenters. The number of nitrogens with zero attached hydrogens (tertiary/aromatic N) is 2. The zero-order valence-corrected chi connectivity index (χ0v) is 18.6. The van der Waals surface area contributed by atoms with Gasteiger partial charge in [0.1, 0.15) is 22.2 Å². The fraction of sp³-hybridized carbons (Fsp3) is 0.273. The Balaban J connectivity index is 1.72. The second-order valence-electron chi connectivity index (χ2n) is 6.69. The Hall–Kier alpha value is -3.24. The van der Waals surface area contributed by atoms with Gasteiger partial charge in [-0.3, -0.25) is 9.36 Å². The van der Waals surface area contributed by atoms with Crippen LogP contribution >= 0.6 is 0 Å². The van der Waals surface area contributed by atoms with Crippen LogP contribution in [-0.2, 0) is 16.6 Å². The number of benzene rings is 2. The van der Waals surface area contributed by atoms with Crippen LogP contribution in [0, 0.1) is 5.82 Å². The molecule has 0 atom stereocenters. The van der Waals surface area contributed by atoms with Crippen molar-refractivity contribution in [2.75, 3.05) is 19.8 Å². The standard InChI is InChI=1S/C22H24FN3O5S/c1-3-30-18-9-10-20(31-4-2)21(13-18)32(28,29)25-11-12-26-15-24-19(14-22(26)27)16-5-7-17(23)8-6-16/h5-10,13-15,25H,3-4,11-12H2,1-2H3. The fourth-order valence-corrected chi connectivity index (χ4v) is 4.16. The molecule has 3 aromatic rings. The lowest BCUT2D eigenvalue weighted by atomic mass is 10.1. The van der Waals surface area contributed by atoms with Gasteiger partial charge in [-0.15, -0.1) is 0 Å². The summed E-state index contributed by atoms with van der Waals surface area (Å²) in [5.41, 5.74) is 0.654. The fourth-order valence-electron chi connectivity index (χ4n) is 2.98. The lowest BCUT2D eigenvalue weighted by Crippen LogP contribution is -2.31. The zero-order valence-electron chi connectivity index (χ0n) is 17.7. The molecule has 0 fully saturated rings. The molecule has 3 rings (SSSR count). The highest BCUT2D eigenvalue weighted by Gasteiger charge is 2.20. The van der Waals surface area contributed by atoms with Crippen LogP contribution < -0.4 is 19.8 Å². The van der Waals surface area contributed by atoms with Crippen molar-refractivity contribution in [3.63, 3.8) is 0 Å². The molecule has 170 valence electrons. The molecule has 2 aromatic carbocycles. The van der Waals surface area contributed by atoms with Crippen molar-refractivity contribution in [1.29, 1.82) is 0 Å². The molecule has 1 aromatic heterocycles. The van der Waals surface area contributed by atoms with E-state index in [4.69, 9.17) is 9.47 Å². The van der Waals surface area contributed by atoms with Crippen molar-refractivity contribution in [1.82, 2.24) is 14.3 Å². The smallest absolute Gasteiger partial charge is 0.253 e. The highest BCUT2D eigenvalue weighted by atomic mass is 32.2. The number of aromatic nitrogens is 2. The van der Waals surface area contributed by atoms with E-state index in [0.29, 0.717) is 30.2 Å². The second kappa shape index (κ2) is 10.4. The lowest BCUT2D eigenvalue weighted by Gasteiger charge is -2.14. The SMILES string of the molecule is CCOc1ccc(OCC)c(S(=O)(=O)NCCn2cnc(-c3ccc(F)cc3)cc2=O)c1. The Morgan fingerprint density at radius 2 is 1.75 bits per heavy atom. The number of ether oxygens (including phenoxy) is 2. The largest absolute Gasteiger partial charge is 0.494 e. The van der Waals surface area contributed by atoms with Gasteiger partial charge in [-0.1, -0.05) is 0 Å². The first-order chi connectivity index (χ1) is 15.3. The first-order valence-corrected chi connectivity index (χ1v) is 11.5. The summed E-state index contributed by atoms with van der Waals surface area (Å²) in [4.78, 5) is 16.6. The molecule has 0 bridgehead atoms. The molecule has 1 heterocycles. The molecule has 0 aliphatic rings. The lowest BCUT2D eigenvalue weighted by molar-refractivity contribution is 0.322. The number of hydrogen-bond acceptors (Lipinski definition) is 6. The van der Waals surface area contributed by atoms with Crippen molar-refractivity contribution in [3.05, 3.63) is 71.0 Å². The van der Waals surface area contributed by atoms with Crippen LogP contribution in [-0.4, -0.2) is 37.7 Å². The van der Waals surface area contributed by atoms with Crippen LogP contribution in [0.5, 0.6) is 11.5 Å². The molecule has 0 saturated heterocycles. The molecule has 0 amide bonds. The highest BCUT2D eigenvalue weighted by Crippen LogP contribution is 2.28. The summed E-state index contributed by atoms with van der Waals surface area (Å²) >= 11 is 0. The van der Waals surface area contributed by atoms with Crippen LogP contribution in [0.3, 0.4) is 0 Å². The van der Waals surface area contributed by atoms with Crippen molar-refractivity contribution >= 4 is 10.0 Å². The van der Waals surface area contributed by atoms with Crippen LogP contribution in [0.4, 0.5) is 4.39 Å². The third kappa shape index (κ3) is 5.71. The Morgan fingerprint density at radius 1 is 1.03 bits per heavy atom. The predicted octanol–water partition coefficient (Wildman–Crippen LogP) is 2.83. The monoisotopic (exact) mass is 461 g/mol. The van der Waals surface area contributed by atoms with Crippen LogP contribution in [0.1, 0.15) is 13.8 Å². The second-order valence-corrected chi connectivity index (χ2v) is 8.42. The van der Waals surface area contributed by atoms with Gasteiger partial charge < -0.3 is 9.47 Å². The summed E-state index contributed by atoms with van der Waals surface area (Å²) in [6.07, 6.45) is 1.33. The maximum absolute atomic E-state index is 13.1. The summed E-state index contributed by atoms with van der Waals surface area (Å²) in [7, 11) is -3.92. The zero-order chi connectivity index (χ0) is 23.1. The van der Waals surface area contributed by atoms with Gasteiger partial charge >= 0.3 is 0 Å². The van der Waals surface area contributed by atoms with Gasteiger partial charge in [0.2, 0.25) is 10.0 Å². The summed E-state index contributed by atoms with van der Waals surface area (Å²) in [5.74, 6) is 0.243. The molecule has 0 radical (unpaired) electrons. The Morgan fingerprint density at radius 3 is 2.41 bits per heavy atom. The van der Waals surface area contributed by atoms with Gasteiger partial charge in [-0.2, -0.15) is 0 Å². The van der Waals surface area contributed by atoms with Crippen LogP contribution in [0.2, 0.25) is 0 Å². The van der Waals surface area contributed by atoms with Crippen LogP contribution in [0.25, 0.3) is 11.3 Å². The molecule has 0 spiro atoms. The predicted molar refractivity (Wildman–Crippen MR) is 118 cm³/mol. The maximum atomic E-state index is 13.1. The first-order valence-electron chi connectivity index (χ1n) is 10.1.